The molecule has 2 rings (SSSR count). The van der Waals surface area contributed by atoms with Crippen molar-refractivity contribution in [3.05, 3.63) is 58.1 Å². The standard InChI is InChI=1S/C15H9ClF3NO4/c16-11-6-8(5-10(12(11)21)15(17,18)19)13(22)20-9-3-1-7(2-4-9)14(23)24/h1-6,21H,(H,20,22)(H,23,24). The third-order valence-electron chi connectivity index (χ3n) is 3.02. The monoisotopic (exact) mass is 359 g/mol. The summed E-state index contributed by atoms with van der Waals surface area (Å²) in [7, 11) is 0. The van der Waals surface area contributed by atoms with Gasteiger partial charge >= 0.3 is 12.1 Å². The minimum Gasteiger partial charge on any atom is -0.506 e. The summed E-state index contributed by atoms with van der Waals surface area (Å²) < 4.78 is 38.4. The Morgan fingerprint density at radius 3 is 2.12 bits per heavy atom. The van der Waals surface area contributed by atoms with Gasteiger partial charge < -0.3 is 15.5 Å². The lowest BCUT2D eigenvalue weighted by Crippen LogP contribution is -2.14. The van der Waals surface area contributed by atoms with E-state index in [4.69, 9.17) is 16.7 Å². The first kappa shape index (κ1) is 17.6. The molecule has 5 nitrogen and oxygen atoms in total. The summed E-state index contributed by atoms with van der Waals surface area (Å²) in [6.07, 6.45) is -4.88. The van der Waals surface area contributed by atoms with Crippen molar-refractivity contribution in [1.29, 1.82) is 0 Å². The van der Waals surface area contributed by atoms with Crippen LogP contribution in [0, 0.1) is 0 Å². The molecule has 1 amide bonds. The maximum absolute atomic E-state index is 12.8. The van der Waals surface area contributed by atoms with E-state index in [0.717, 1.165) is 6.07 Å². The van der Waals surface area contributed by atoms with E-state index in [9.17, 15) is 27.9 Å². The van der Waals surface area contributed by atoms with Crippen LogP contribution in [0.3, 0.4) is 0 Å². The summed E-state index contributed by atoms with van der Waals surface area (Å²) in [5, 5.41) is 19.8. The van der Waals surface area contributed by atoms with E-state index in [1.165, 1.54) is 24.3 Å². The number of alkyl halides is 3. The number of hydrogen-bond acceptors (Lipinski definition) is 3. The Morgan fingerprint density at radius 2 is 1.62 bits per heavy atom. The fraction of sp³-hybridized carbons (Fsp3) is 0.0667. The van der Waals surface area contributed by atoms with Crippen LogP contribution in [-0.4, -0.2) is 22.1 Å². The lowest BCUT2D eigenvalue weighted by atomic mass is 10.1. The first-order chi connectivity index (χ1) is 11.1. The number of aromatic hydroxyl groups is 1. The number of benzene rings is 2. The Kier molecular flexibility index (Phi) is 4.70. The number of phenols is 1. The molecule has 0 saturated carbocycles. The van der Waals surface area contributed by atoms with Gasteiger partial charge in [-0.2, -0.15) is 13.2 Å². The van der Waals surface area contributed by atoms with Gasteiger partial charge in [-0.05, 0) is 36.4 Å². The molecule has 0 fully saturated rings. The van der Waals surface area contributed by atoms with Crippen molar-refractivity contribution in [2.75, 3.05) is 5.32 Å². The predicted molar refractivity (Wildman–Crippen MR) is 79.5 cm³/mol. The summed E-state index contributed by atoms with van der Waals surface area (Å²) in [6.45, 7) is 0. The van der Waals surface area contributed by atoms with Gasteiger partial charge in [-0.25, -0.2) is 4.79 Å². The second kappa shape index (κ2) is 6.40. The Bertz CT molecular complexity index is 804. The third-order valence-corrected chi connectivity index (χ3v) is 3.31. The van der Waals surface area contributed by atoms with Crippen LogP contribution in [0.1, 0.15) is 26.3 Å². The molecule has 3 N–H and O–H groups in total. The molecular weight excluding hydrogens is 351 g/mol. The summed E-state index contributed by atoms with van der Waals surface area (Å²) in [6, 6.07) is 6.39. The largest absolute Gasteiger partial charge is 0.506 e. The number of phenolic OH excluding ortho intramolecular Hbond substituents is 1. The van der Waals surface area contributed by atoms with Gasteiger partial charge in [-0.15, -0.1) is 0 Å². The smallest absolute Gasteiger partial charge is 0.420 e. The number of rotatable bonds is 3. The quantitative estimate of drug-likeness (QED) is 0.772. The molecule has 9 heteroatoms. The highest BCUT2D eigenvalue weighted by atomic mass is 35.5. The van der Waals surface area contributed by atoms with Gasteiger partial charge in [0.05, 0.1) is 16.1 Å². The van der Waals surface area contributed by atoms with Crippen molar-refractivity contribution in [1.82, 2.24) is 0 Å². The van der Waals surface area contributed by atoms with Crippen LogP contribution in [0.25, 0.3) is 0 Å². The zero-order chi connectivity index (χ0) is 18.1. The molecule has 0 aliphatic heterocycles. The van der Waals surface area contributed by atoms with Crippen LogP contribution in [0.4, 0.5) is 18.9 Å². The number of halogens is 4. The molecular formula is C15H9ClF3NO4. The highest BCUT2D eigenvalue weighted by Gasteiger charge is 2.35. The third kappa shape index (κ3) is 3.77. The van der Waals surface area contributed by atoms with E-state index < -0.39 is 40.0 Å². The second-order valence-electron chi connectivity index (χ2n) is 4.69. The van der Waals surface area contributed by atoms with Crippen molar-refractivity contribution in [2.24, 2.45) is 0 Å². The van der Waals surface area contributed by atoms with Crippen LogP contribution in [-0.2, 0) is 6.18 Å². The van der Waals surface area contributed by atoms with E-state index in [2.05, 4.69) is 5.32 Å². The molecule has 0 radical (unpaired) electrons. The van der Waals surface area contributed by atoms with Gasteiger partial charge in [-0.1, -0.05) is 11.6 Å². The van der Waals surface area contributed by atoms with Crippen molar-refractivity contribution >= 4 is 29.2 Å². The average molecular weight is 360 g/mol. The molecule has 0 atom stereocenters. The van der Waals surface area contributed by atoms with Crippen molar-refractivity contribution < 1.29 is 33.0 Å². The van der Waals surface area contributed by atoms with Gasteiger partial charge in [0.25, 0.3) is 5.91 Å². The molecule has 0 unspecified atom stereocenters. The fourth-order valence-corrected chi connectivity index (χ4v) is 2.06. The highest BCUT2D eigenvalue weighted by molar-refractivity contribution is 6.32. The predicted octanol–water partition coefficient (Wildman–Crippen LogP) is 4.01. The summed E-state index contributed by atoms with van der Waals surface area (Å²) in [5.74, 6) is -3.22. The second-order valence-corrected chi connectivity index (χ2v) is 5.10. The molecule has 0 aliphatic carbocycles. The van der Waals surface area contributed by atoms with E-state index in [1.54, 1.807) is 0 Å². The maximum Gasteiger partial charge on any atom is 0.420 e. The summed E-state index contributed by atoms with van der Waals surface area (Å²) in [5.41, 5.74) is -1.67. The van der Waals surface area contributed by atoms with Crippen LogP contribution in [0.5, 0.6) is 5.75 Å². The molecule has 2 aromatic rings. The zero-order valence-electron chi connectivity index (χ0n) is 11.7. The topological polar surface area (TPSA) is 86.6 Å². The van der Waals surface area contributed by atoms with Gasteiger partial charge in [0.15, 0.2) is 0 Å². The Morgan fingerprint density at radius 1 is 1.04 bits per heavy atom. The number of carboxylic acids is 1. The number of aromatic carboxylic acids is 1. The molecule has 0 heterocycles. The highest BCUT2D eigenvalue weighted by Crippen LogP contribution is 2.40. The Labute approximate surface area is 138 Å². The normalized spacial score (nSPS) is 11.2. The molecule has 2 aromatic carbocycles. The number of amides is 1. The first-order valence-electron chi connectivity index (χ1n) is 6.34. The van der Waals surface area contributed by atoms with Gasteiger partial charge in [-0.3, -0.25) is 4.79 Å². The SMILES string of the molecule is O=C(O)c1ccc(NC(=O)c2cc(Cl)c(O)c(C(F)(F)F)c2)cc1. The number of carbonyl (C=O) groups excluding carboxylic acids is 1. The number of carbonyl (C=O) groups is 2. The summed E-state index contributed by atoms with van der Waals surface area (Å²) >= 11 is 5.53. The zero-order valence-corrected chi connectivity index (χ0v) is 12.4. The molecule has 0 spiro atoms. The number of carboxylic acid groups (broad SMARTS) is 1. The van der Waals surface area contributed by atoms with Crippen molar-refractivity contribution in [3.63, 3.8) is 0 Å². The van der Waals surface area contributed by atoms with Crippen LogP contribution < -0.4 is 5.32 Å². The molecule has 126 valence electrons. The fourth-order valence-electron chi connectivity index (χ4n) is 1.85. The average Bonchev–Trinajstić information content (AvgIpc) is 2.49. The Hall–Kier alpha value is -2.74. The maximum atomic E-state index is 12.8. The van der Waals surface area contributed by atoms with Gasteiger partial charge in [0.2, 0.25) is 0 Å². The van der Waals surface area contributed by atoms with Crippen LogP contribution in [0.2, 0.25) is 5.02 Å². The van der Waals surface area contributed by atoms with Crippen LogP contribution >= 0.6 is 11.6 Å². The lowest BCUT2D eigenvalue weighted by Gasteiger charge is -2.12. The van der Waals surface area contributed by atoms with Gasteiger partial charge in [0, 0.05) is 11.3 Å². The van der Waals surface area contributed by atoms with E-state index in [0.29, 0.717) is 6.07 Å². The lowest BCUT2D eigenvalue weighted by molar-refractivity contribution is -0.138. The first-order valence-corrected chi connectivity index (χ1v) is 6.72. The van der Waals surface area contributed by atoms with Crippen LogP contribution in [0.15, 0.2) is 36.4 Å². The van der Waals surface area contributed by atoms with E-state index in [1.807, 2.05) is 0 Å². The van der Waals surface area contributed by atoms with Crippen molar-refractivity contribution in [2.45, 2.75) is 6.18 Å². The molecule has 0 aliphatic rings. The number of nitrogens with one attached hydrogen (secondary N) is 1. The van der Waals surface area contributed by atoms with E-state index in [-0.39, 0.29) is 11.3 Å². The van der Waals surface area contributed by atoms with Gasteiger partial charge in [0.1, 0.15) is 5.75 Å². The molecule has 0 aromatic heterocycles. The Balaban J connectivity index is 2.30. The minimum atomic E-state index is -4.88. The summed E-state index contributed by atoms with van der Waals surface area (Å²) in [4.78, 5) is 22.8. The number of hydrogen-bond donors (Lipinski definition) is 3. The van der Waals surface area contributed by atoms with E-state index >= 15 is 0 Å². The number of anilines is 1. The molecule has 24 heavy (non-hydrogen) atoms. The molecule has 0 saturated heterocycles. The minimum absolute atomic E-state index is 0.0139. The molecule has 0 bridgehead atoms. The van der Waals surface area contributed by atoms with Crippen molar-refractivity contribution in [3.8, 4) is 5.75 Å².